The van der Waals surface area contributed by atoms with E-state index < -0.39 is 40.8 Å². The molecule has 3 N–H and O–H groups in total. The largest absolute Gasteiger partial charge is 0.496 e. The van der Waals surface area contributed by atoms with Crippen molar-refractivity contribution in [2.75, 3.05) is 40.1 Å². The van der Waals surface area contributed by atoms with Gasteiger partial charge in [0.2, 0.25) is 0 Å². The Morgan fingerprint density at radius 2 is 1.16 bits per heavy atom. The Bertz CT molecular complexity index is 2990. The number of nitriles is 1. The second-order valence-corrected chi connectivity index (χ2v) is 31.5. The predicted molar refractivity (Wildman–Crippen MR) is 405 cm³/mol. The van der Waals surface area contributed by atoms with E-state index in [4.69, 9.17) is 33.7 Å². The van der Waals surface area contributed by atoms with Gasteiger partial charge < -0.3 is 48.7 Å². The van der Waals surface area contributed by atoms with Crippen molar-refractivity contribution in [3.63, 3.8) is 0 Å². The fourth-order valence-electron chi connectivity index (χ4n) is 5.37. The van der Waals surface area contributed by atoms with Crippen molar-refractivity contribution in [3.05, 3.63) is 125 Å². The molecule has 590 valence electrons. The number of nitrogens with one attached hydrogen (secondary N) is 1. The van der Waals surface area contributed by atoms with Crippen LogP contribution in [0.15, 0.2) is 103 Å². The van der Waals surface area contributed by atoms with Crippen LogP contribution in [-0.4, -0.2) is 142 Å². The van der Waals surface area contributed by atoms with Crippen LogP contribution in [0.25, 0.3) is 0 Å². The van der Waals surface area contributed by atoms with Crippen LogP contribution in [0.1, 0.15) is 237 Å². The van der Waals surface area contributed by atoms with E-state index in [0.29, 0.717) is 32.0 Å². The van der Waals surface area contributed by atoms with Crippen LogP contribution in [0.4, 0.5) is 13.2 Å². The Hall–Kier alpha value is -7.50. The lowest BCUT2D eigenvalue weighted by Crippen LogP contribution is -2.40. The van der Waals surface area contributed by atoms with Crippen molar-refractivity contribution >= 4 is 52.7 Å². The van der Waals surface area contributed by atoms with Gasteiger partial charge in [0.25, 0.3) is 11.2 Å². The van der Waals surface area contributed by atoms with E-state index >= 15 is 0 Å². The first-order chi connectivity index (χ1) is 46.4. The first kappa shape index (κ1) is 109. The normalized spacial score (nSPS) is 12.2. The van der Waals surface area contributed by atoms with Crippen molar-refractivity contribution in [1.82, 2.24) is 20.3 Å². The summed E-state index contributed by atoms with van der Waals surface area (Å²) in [6.07, 6.45) is 11.8. The summed E-state index contributed by atoms with van der Waals surface area (Å²) in [6, 6.07) is 1.83. The molecule has 25 heteroatoms. The molecule has 2 rings (SSSR count). The number of carbonyl (C=O) groups excluding carboxylic acids is 7. The average molecular weight is 1480 g/mol. The highest BCUT2D eigenvalue weighted by Gasteiger charge is 2.29. The molecule has 103 heavy (non-hydrogen) atoms. The number of ketones is 2. The number of amides is 1. The number of aromatic nitrogens is 3. The molecule has 0 aliphatic heterocycles. The molecule has 2 heterocycles. The number of ether oxygens (including phenoxy) is 7. The Balaban J connectivity index is -0.000000202. The highest BCUT2D eigenvalue weighted by Crippen LogP contribution is 2.26. The van der Waals surface area contributed by atoms with Crippen molar-refractivity contribution in [3.8, 4) is 6.07 Å². The van der Waals surface area contributed by atoms with Crippen molar-refractivity contribution in [2.24, 2.45) is 21.7 Å². The van der Waals surface area contributed by atoms with Gasteiger partial charge in [-0.2, -0.15) is 14.0 Å². The maximum absolute atomic E-state index is 12.4. The van der Waals surface area contributed by atoms with E-state index in [0.717, 1.165) is 23.0 Å². The standard InChI is InChI=1S/2C10H18O3.2C9H16O3.C8H11FN2OS.C8H11FN2.C8H13FO.C8H13NO.C8H14O/c1-6-13-9(12)7(2)8(11)10(3,4)5;1-5-12-9(11)7-6-8-13-10(2,3)4;1-9(2,3)12-7-5-6-8(10)11-4;1-5-11-9(10)8(4)6-12-7(2)3;1-8(2,3)11-6(12)5-4-13-7(9)10-5;1-8(2,3)6-4-10-7(9)11-5-6;1-6(9)5-7(10)8(2,3)4;1-6(5-9)7(10)8(2,3)4;1-5-6-7(9)8(2,3)4/h8,11H,2,6H2,1,3-5H3;6-7H,5,8H2,1-4H3;5,7H,6H2,1-4H3;7H,4-6H2,1-3H3;4H,1-3H3,(H,11,12);4-5H,1-3H3;5H,1-4H3;7,10H,1H2,2-4H3;5-6H,1-4H3/b;7-6+;7-5+;;;;6-5-;;6-5+. The molecule has 0 bridgehead atoms. The highest BCUT2D eigenvalue weighted by molar-refractivity contribution is 7.08. The first-order valence-corrected chi connectivity index (χ1v) is 34.4. The van der Waals surface area contributed by atoms with Crippen LogP contribution in [0.2, 0.25) is 0 Å². The zero-order valence-electron chi connectivity index (χ0n) is 68.3. The minimum Gasteiger partial charge on any atom is -0.496 e. The van der Waals surface area contributed by atoms with Crippen molar-refractivity contribution in [1.29, 1.82) is 5.26 Å². The summed E-state index contributed by atoms with van der Waals surface area (Å²) in [5.41, 5.74) is -0.253. The van der Waals surface area contributed by atoms with E-state index in [9.17, 15) is 56.9 Å². The number of esters is 4. The summed E-state index contributed by atoms with van der Waals surface area (Å²) in [7, 11) is 1.36. The maximum Gasteiger partial charge on any atom is 0.336 e. The van der Waals surface area contributed by atoms with Gasteiger partial charge in [-0.25, -0.2) is 33.7 Å². The third kappa shape index (κ3) is 70.0. The molecular formula is C78H130F3N5O16S. The smallest absolute Gasteiger partial charge is 0.336 e. The zero-order chi connectivity index (χ0) is 82.9. The Morgan fingerprint density at radius 3 is 1.47 bits per heavy atom. The summed E-state index contributed by atoms with van der Waals surface area (Å²) < 4.78 is 71.2. The van der Waals surface area contributed by atoms with Crippen LogP contribution in [0.5, 0.6) is 0 Å². The van der Waals surface area contributed by atoms with E-state index in [-0.39, 0.29) is 110 Å². The quantitative estimate of drug-likeness (QED) is 0.0294. The maximum atomic E-state index is 12.4. The molecule has 2 atom stereocenters. The molecule has 0 aromatic carbocycles. The fourth-order valence-corrected chi connectivity index (χ4v) is 5.89. The molecule has 2 unspecified atom stereocenters. The van der Waals surface area contributed by atoms with Crippen LogP contribution in [0, 0.1) is 44.3 Å². The second-order valence-electron chi connectivity index (χ2n) is 30.7. The summed E-state index contributed by atoms with van der Waals surface area (Å²) in [5.74, 6) is -2.24. The van der Waals surface area contributed by atoms with Gasteiger partial charge in [-0.1, -0.05) is 147 Å². The van der Waals surface area contributed by atoms with Gasteiger partial charge in [0, 0.05) is 46.3 Å². The molecule has 2 aromatic heterocycles. The summed E-state index contributed by atoms with van der Waals surface area (Å²) in [4.78, 5) is 87.2. The van der Waals surface area contributed by atoms with Gasteiger partial charge in [0.05, 0.1) is 105 Å². The lowest BCUT2D eigenvalue weighted by molar-refractivity contribution is -0.141. The first-order valence-electron chi connectivity index (χ1n) is 33.5. The SMILES string of the molecule is C/C(F)=C/C(=O)C(C)(C)C.C/C=C/C(=O)C(C)(C)C.C=C(C#N)C(O)C(C)(C)C.C=C(C(=O)OCC)C(O)C(C)(C)C.C=C(COC(C)C)C(=O)OCC.CC(C)(C)NC(=O)c1csc(F)n1.CC(C)(C)c1cnc(F)nc1.CCOC(=O)/C=C/COC(C)(C)C.COC(=O)C/C=C/OC(C)(C)C. The molecule has 0 saturated carbocycles. The Labute approximate surface area is 620 Å². The molecule has 0 aliphatic rings. The molecule has 0 aliphatic carbocycles. The number of allylic oxidation sites excluding steroid dienone is 4. The Morgan fingerprint density at radius 1 is 0.689 bits per heavy atom. The second kappa shape index (κ2) is 54.2. The lowest BCUT2D eigenvalue weighted by atomic mass is 9.85. The van der Waals surface area contributed by atoms with Crippen LogP contribution < -0.4 is 5.32 Å². The van der Waals surface area contributed by atoms with Gasteiger partial charge in [-0.15, -0.1) is 0 Å². The predicted octanol–water partition coefficient (Wildman–Crippen LogP) is 16.7. The van der Waals surface area contributed by atoms with Gasteiger partial charge in [-0.05, 0) is 145 Å². The topological polar surface area (TPSA) is 299 Å². The molecule has 0 spiro atoms. The van der Waals surface area contributed by atoms with E-state index in [1.165, 1.54) is 44.1 Å². The van der Waals surface area contributed by atoms with Gasteiger partial charge in [0.15, 0.2) is 11.6 Å². The highest BCUT2D eigenvalue weighted by atomic mass is 32.1. The van der Waals surface area contributed by atoms with Crippen LogP contribution in [-0.2, 0) is 67.3 Å². The van der Waals surface area contributed by atoms with E-state index in [2.05, 4.69) is 44.7 Å². The summed E-state index contributed by atoms with van der Waals surface area (Å²) >= 11 is 0.820. The number of hydrogen-bond donors (Lipinski definition) is 3. The number of nitrogens with zero attached hydrogens (tertiary/aromatic N) is 4. The average Bonchev–Trinajstić information content (AvgIpc) is 1.40. The van der Waals surface area contributed by atoms with Gasteiger partial charge in [-0.3, -0.25) is 19.2 Å². The monoisotopic (exact) mass is 1480 g/mol. The number of aliphatic hydroxyl groups is 2. The molecule has 1 amide bonds. The number of thiazole rings is 1. The molecule has 21 nitrogen and oxygen atoms in total. The van der Waals surface area contributed by atoms with Gasteiger partial charge in [0.1, 0.15) is 11.5 Å². The molecule has 0 radical (unpaired) electrons. The van der Waals surface area contributed by atoms with Crippen molar-refractivity contribution in [2.45, 2.75) is 262 Å². The third-order valence-corrected chi connectivity index (χ3v) is 11.8. The molecule has 0 fully saturated rings. The van der Waals surface area contributed by atoms with Crippen LogP contribution >= 0.6 is 11.3 Å². The number of rotatable bonds is 19. The number of hydrogen-bond acceptors (Lipinski definition) is 21. The number of halogens is 3. The fraction of sp³-hybridized carbons (Fsp3) is 0.628. The molecular weight excluding hydrogens is 1350 g/mol. The molecule has 0 saturated heterocycles. The molecule has 2 aromatic rings. The minimum atomic E-state index is -0.855. The zero-order valence-corrected chi connectivity index (χ0v) is 69.1. The summed E-state index contributed by atoms with van der Waals surface area (Å²) in [6.45, 7) is 69.9. The van der Waals surface area contributed by atoms with E-state index in [1.807, 2.05) is 172 Å². The number of carbonyl (C=O) groups is 7. The van der Waals surface area contributed by atoms with Crippen molar-refractivity contribution < 1.29 is 90.1 Å². The lowest BCUT2D eigenvalue weighted by Gasteiger charge is -2.26. The van der Waals surface area contributed by atoms with E-state index in [1.54, 1.807) is 65.8 Å². The van der Waals surface area contributed by atoms with Crippen LogP contribution in [0.3, 0.4) is 0 Å². The minimum absolute atomic E-state index is 0.00625. The van der Waals surface area contributed by atoms with Gasteiger partial charge >= 0.3 is 30.0 Å². The number of aliphatic hydroxyl groups excluding tert-OH is 2. The number of methoxy groups -OCH3 is 1. The summed E-state index contributed by atoms with van der Waals surface area (Å²) in [5, 5.41) is 30.8. The third-order valence-electron chi connectivity index (χ3n) is 11.1. The Kier molecular flexibility index (Phi) is 57.3.